The minimum absolute atomic E-state index is 0.0487. The van der Waals surface area contributed by atoms with Crippen LogP contribution in [0, 0.1) is 0 Å². The van der Waals surface area contributed by atoms with Crippen LogP contribution < -0.4 is 5.32 Å². The van der Waals surface area contributed by atoms with Crippen molar-refractivity contribution in [2.24, 2.45) is 0 Å². The Hall–Kier alpha value is -3.71. The molecule has 0 unspecified atom stereocenters. The molecule has 2 aromatic carbocycles. The number of hydrogen-bond donors (Lipinski definition) is 1. The molecular formula is C28H28N4O2S. The van der Waals surface area contributed by atoms with Crippen molar-refractivity contribution in [3.05, 3.63) is 100 Å². The van der Waals surface area contributed by atoms with Gasteiger partial charge >= 0.3 is 0 Å². The summed E-state index contributed by atoms with van der Waals surface area (Å²) in [5.41, 5.74) is 5.66. The summed E-state index contributed by atoms with van der Waals surface area (Å²) in [7, 11) is 0. The van der Waals surface area contributed by atoms with Gasteiger partial charge in [-0.15, -0.1) is 11.3 Å². The largest absolute Gasteiger partial charge is 0.352 e. The number of carbonyl (C=O) groups is 2. The van der Waals surface area contributed by atoms with Gasteiger partial charge in [-0.1, -0.05) is 48.5 Å². The Bertz CT molecular complexity index is 1290. The lowest BCUT2D eigenvalue weighted by atomic mass is 9.98. The molecule has 0 radical (unpaired) electrons. The third-order valence-corrected chi connectivity index (χ3v) is 7.41. The molecular weight excluding hydrogens is 456 g/mol. The summed E-state index contributed by atoms with van der Waals surface area (Å²) in [4.78, 5) is 28.4. The molecule has 0 aliphatic carbocycles. The predicted molar refractivity (Wildman–Crippen MR) is 138 cm³/mol. The fourth-order valence-electron chi connectivity index (χ4n) is 4.45. The molecule has 2 aromatic heterocycles. The highest BCUT2D eigenvalue weighted by atomic mass is 32.1. The highest BCUT2D eigenvalue weighted by Gasteiger charge is 2.21. The number of hydrogen-bond acceptors (Lipinski definition) is 4. The van der Waals surface area contributed by atoms with Gasteiger partial charge in [-0.25, -0.2) is 0 Å². The van der Waals surface area contributed by atoms with Gasteiger partial charge in [0.1, 0.15) is 0 Å². The Morgan fingerprint density at radius 2 is 1.86 bits per heavy atom. The first-order valence-electron chi connectivity index (χ1n) is 11.9. The SMILES string of the molecule is O=C(CCC(=O)N1CCc2sccc2C1)NCc1ccccc1-c1ccc(Cn2cccn2)cc1. The average Bonchev–Trinajstić information content (AvgIpc) is 3.58. The molecule has 1 aliphatic rings. The Morgan fingerprint density at radius 3 is 2.69 bits per heavy atom. The molecule has 4 aromatic rings. The fourth-order valence-corrected chi connectivity index (χ4v) is 5.34. The molecule has 2 amide bonds. The van der Waals surface area contributed by atoms with Crippen molar-refractivity contribution in [3.8, 4) is 11.1 Å². The second kappa shape index (κ2) is 10.7. The first-order chi connectivity index (χ1) is 17.2. The lowest BCUT2D eigenvalue weighted by Gasteiger charge is -2.27. The molecule has 3 heterocycles. The Morgan fingerprint density at radius 1 is 1.00 bits per heavy atom. The third-order valence-electron chi connectivity index (χ3n) is 6.39. The number of aromatic nitrogens is 2. The fraction of sp³-hybridized carbons (Fsp3) is 0.250. The molecule has 7 heteroatoms. The summed E-state index contributed by atoms with van der Waals surface area (Å²) in [6, 6.07) is 20.5. The van der Waals surface area contributed by atoms with E-state index in [4.69, 9.17) is 0 Å². The van der Waals surface area contributed by atoms with Gasteiger partial charge in [0.25, 0.3) is 0 Å². The third kappa shape index (κ3) is 5.69. The summed E-state index contributed by atoms with van der Waals surface area (Å²) in [5, 5.41) is 9.34. The molecule has 0 spiro atoms. The summed E-state index contributed by atoms with van der Waals surface area (Å²) in [6.07, 6.45) is 5.08. The van der Waals surface area contributed by atoms with E-state index >= 15 is 0 Å². The van der Waals surface area contributed by atoms with Crippen molar-refractivity contribution in [3.63, 3.8) is 0 Å². The maximum absolute atomic E-state index is 12.6. The van der Waals surface area contributed by atoms with Crippen LogP contribution in [0.4, 0.5) is 0 Å². The molecule has 5 rings (SSSR count). The lowest BCUT2D eigenvalue weighted by molar-refractivity contribution is -0.134. The first-order valence-corrected chi connectivity index (χ1v) is 12.8. The van der Waals surface area contributed by atoms with E-state index in [1.165, 1.54) is 16.0 Å². The normalized spacial score (nSPS) is 12.9. The minimum atomic E-state index is -0.101. The monoisotopic (exact) mass is 484 g/mol. The van der Waals surface area contributed by atoms with E-state index in [9.17, 15) is 9.59 Å². The van der Waals surface area contributed by atoms with E-state index in [2.05, 4.69) is 52.2 Å². The number of thiophene rings is 1. The maximum atomic E-state index is 12.6. The topological polar surface area (TPSA) is 67.2 Å². The second-order valence-electron chi connectivity index (χ2n) is 8.77. The van der Waals surface area contributed by atoms with Crippen molar-refractivity contribution in [1.82, 2.24) is 20.0 Å². The van der Waals surface area contributed by atoms with Crippen LogP contribution in [0.25, 0.3) is 11.1 Å². The van der Waals surface area contributed by atoms with Gasteiger partial charge in [0.15, 0.2) is 0 Å². The van der Waals surface area contributed by atoms with Crippen LogP contribution in [0.5, 0.6) is 0 Å². The van der Waals surface area contributed by atoms with Crippen molar-refractivity contribution in [1.29, 1.82) is 0 Å². The van der Waals surface area contributed by atoms with E-state index < -0.39 is 0 Å². The zero-order valence-electron chi connectivity index (χ0n) is 19.5. The molecule has 6 nitrogen and oxygen atoms in total. The van der Waals surface area contributed by atoms with Crippen LogP contribution in [0.15, 0.2) is 78.4 Å². The molecule has 0 saturated heterocycles. The highest BCUT2D eigenvalue weighted by molar-refractivity contribution is 7.10. The van der Waals surface area contributed by atoms with E-state index in [0.717, 1.165) is 36.2 Å². The van der Waals surface area contributed by atoms with Crippen LogP contribution in [-0.2, 0) is 35.6 Å². The van der Waals surface area contributed by atoms with Crippen LogP contribution >= 0.6 is 11.3 Å². The predicted octanol–water partition coefficient (Wildman–Crippen LogP) is 4.64. The van der Waals surface area contributed by atoms with E-state index in [1.54, 1.807) is 17.5 Å². The number of amides is 2. The first kappa shape index (κ1) is 23.1. The van der Waals surface area contributed by atoms with Gasteiger partial charge in [-0.3, -0.25) is 14.3 Å². The summed E-state index contributed by atoms with van der Waals surface area (Å²) in [6.45, 7) is 2.56. The number of nitrogens with zero attached hydrogens (tertiary/aromatic N) is 3. The van der Waals surface area contributed by atoms with Crippen molar-refractivity contribution >= 4 is 23.2 Å². The van der Waals surface area contributed by atoms with Crippen LogP contribution in [0.2, 0.25) is 0 Å². The minimum Gasteiger partial charge on any atom is -0.352 e. The second-order valence-corrected chi connectivity index (χ2v) is 9.77. The van der Waals surface area contributed by atoms with Gasteiger partial charge in [-0.2, -0.15) is 5.10 Å². The number of nitrogens with one attached hydrogen (secondary N) is 1. The van der Waals surface area contributed by atoms with Gasteiger partial charge < -0.3 is 10.2 Å². The van der Waals surface area contributed by atoms with Gasteiger partial charge in [0.05, 0.1) is 6.54 Å². The van der Waals surface area contributed by atoms with Crippen molar-refractivity contribution < 1.29 is 9.59 Å². The van der Waals surface area contributed by atoms with E-state index in [-0.39, 0.29) is 24.7 Å². The Kier molecular flexibility index (Phi) is 7.04. The smallest absolute Gasteiger partial charge is 0.223 e. The number of fused-ring (bicyclic) bond motifs is 1. The number of carbonyl (C=O) groups excluding carboxylic acids is 2. The standard InChI is InChI=1S/C28H28N4O2S/c33-27(10-11-28(34)31-16-12-26-24(20-31)13-17-35-26)29-18-23-4-1-2-5-25(23)22-8-6-21(7-9-22)19-32-15-3-14-30-32/h1-9,13-15,17H,10-12,16,18-20H2,(H,29,33). The van der Waals surface area contributed by atoms with Crippen molar-refractivity contribution in [2.75, 3.05) is 6.54 Å². The summed E-state index contributed by atoms with van der Waals surface area (Å²) in [5.74, 6) is -0.0523. The quantitative estimate of drug-likeness (QED) is 0.396. The van der Waals surface area contributed by atoms with Gasteiger partial charge in [-0.05, 0) is 51.8 Å². The van der Waals surface area contributed by atoms with Gasteiger partial charge in [0, 0.05) is 49.7 Å². The van der Waals surface area contributed by atoms with Crippen molar-refractivity contribution in [2.45, 2.75) is 38.9 Å². The number of rotatable bonds is 8. The van der Waals surface area contributed by atoms with Crippen LogP contribution in [-0.4, -0.2) is 33.0 Å². The molecule has 35 heavy (non-hydrogen) atoms. The van der Waals surface area contributed by atoms with E-state index in [0.29, 0.717) is 13.1 Å². The molecule has 1 aliphatic heterocycles. The maximum Gasteiger partial charge on any atom is 0.223 e. The highest BCUT2D eigenvalue weighted by Crippen LogP contribution is 2.25. The molecule has 0 saturated carbocycles. The zero-order valence-corrected chi connectivity index (χ0v) is 20.3. The average molecular weight is 485 g/mol. The van der Waals surface area contributed by atoms with Crippen LogP contribution in [0.3, 0.4) is 0 Å². The lowest BCUT2D eigenvalue weighted by Crippen LogP contribution is -2.36. The zero-order chi connectivity index (χ0) is 24.0. The number of benzene rings is 2. The Labute approximate surface area is 209 Å². The molecule has 0 fully saturated rings. The molecule has 0 atom stereocenters. The van der Waals surface area contributed by atoms with E-state index in [1.807, 2.05) is 40.0 Å². The summed E-state index contributed by atoms with van der Waals surface area (Å²) < 4.78 is 1.90. The molecule has 1 N–H and O–H groups in total. The van der Waals surface area contributed by atoms with Gasteiger partial charge in [0.2, 0.25) is 11.8 Å². The summed E-state index contributed by atoms with van der Waals surface area (Å²) >= 11 is 1.76. The molecule has 0 bridgehead atoms. The Balaban J connectivity index is 1.14. The molecule has 178 valence electrons. The van der Waals surface area contributed by atoms with Crippen LogP contribution in [0.1, 0.15) is 34.4 Å².